The summed E-state index contributed by atoms with van der Waals surface area (Å²) >= 11 is 0. The van der Waals surface area contributed by atoms with Crippen molar-refractivity contribution in [3.63, 3.8) is 0 Å². The molecule has 0 aromatic heterocycles. The standard InChI is InChI=1S/C23H18/c1-16-15-23(22-13-7-4-10-19(16)22)20-11-5-2-8-17(20)14-18-9-3-6-12-21(18)23/h2-13H,1,14-15H2. The predicted octanol–water partition coefficient (Wildman–Crippen LogP) is 5.34. The topological polar surface area (TPSA) is 0 Å². The summed E-state index contributed by atoms with van der Waals surface area (Å²) in [6.45, 7) is 4.39. The van der Waals surface area contributed by atoms with E-state index in [2.05, 4.69) is 79.4 Å². The summed E-state index contributed by atoms with van der Waals surface area (Å²) in [5.41, 5.74) is 9.79. The second-order valence-corrected chi connectivity index (χ2v) is 6.72. The molecule has 0 nitrogen and oxygen atoms in total. The van der Waals surface area contributed by atoms with Gasteiger partial charge in [0.15, 0.2) is 0 Å². The van der Waals surface area contributed by atoms with Gasteiger partial charge in [-0.1, -0.05) is 79.4 Å². The second-order valence-electron chi connectivity index (χ2n) is 6.72. The average molecular weight is 294 g/mol. The van der Waals surface area contributed by atoms with Crippen molar-refractivity contribution in [2.24, 2.45) is 0 Å². The van der Waals surface area contributed by atoms with Crippen LogP contribution in [0.5, 0.6) is 0 Å². The first kappa shape index (κ1) is 12.9. The summed E-state index contributed by atoms with van der Waals surface area (Å²) in [4.78, 5) is 0. The first-order chi connectivity index (χ1) is 11.3. The van der Waals surface area contributed by atoms with Gasteiger partial charge >= 0.3 is 0 Å². The van der Waals surface area contributed by atoms with E-state index in [1.165, 1.54) is 39.0 Å². The number of rotatable bonds is 0. The highest BCUT2D eigenvalue weighted by Crippen LogP contribution is 2.56. The third kappa shape index (κ3) is 1.56. The smallest absolute Gasteiger partial charge is 0.0503 e. The molecule has 0 radical (unpaired) electrons. The van der Waals surface area contributed by atoms with Gasteiger partial charge in [0.05, 0.1) is 5.41 Å². The van der Waals surface area contributed by atoms with E-state index in [4.69, 9.17) is 0 Å². The van der Waals surface area contributed by atoms with Gasteiger partial charge in [-0.05, 0) is 51.8 Å². The zero-order chi connectivity index (χ0) is 15.4. The molecule has 23 heavy (non-hydrogen) atoms. The molecule has 2 aliphatic carbocycles. The highest BCUT2D eigenvalue weighted by Gasteiger charge is 2.47. The largest absolute Gasteiger partial charge is 0.0952 e. The highest BCUT2D eigenvalue weighted by atomic mass is 14.5. The lowest BCUT2D eigenvalue weighted by molar-refractivity contribution is 0.630. The van der Waals surface area contributed by atoms with Crippen LogP contribution in [0.4, 0.5) is 0 Å². The van der Waals surface area contributed by atoms with Crippen LogP contribution in [0.2, 0.25) is 0 Å². The van der Waals surface area contributed by atoms with Crippen LogP contribution in [0.25, 0.3) is 5.57 Å². The minimum Gasteiger partial charge on any atom is -0.0952 e. The molecule has 2 aliphatic rings. The van der Waals surface area contributed by atoms with Crippen molar-refractivity contribution in [3.05, 3.63) is 113 Å². The molecule has 0 amide bonds. The zero-order valence-electron chi connectivity index (χ0n) is 13.0. The lowest BCUT2D eigenvalue weighted by Crippen LogP contribution is -2.32. The van der Waals surface area contributed by atoms with Crippen LogP contribution in [0, 0.1) is 0 Å². The van der Waals surface area contributed by atoms with Gasteiger partial charge in [-0.25, -0.2) is 0 Å². The van der Waals surface area contributed by atoms with E-state index >= 15 is 0 Å². The number of hydrogen-bond donors (Lipinski definition) is 0. The monoisotopic (exact) mass is 294 g/mol. The first-order valence-corrected chi connectivity index (χ1v) is 8.25. The molecule has 3 aromatic rings. The van der Waals surface area contributed by atoms with Crippen molar-refractivity contribution in [1.29, 1.82) is 0 Å². The van der Waals surface area contributed by atoms with Crippen molar-refractivity contribution in [2.75, 3.05) is 0 Å². The van der Waals surface area contributed by atoms with Gasteiger partial charge in [0, 0.05) is 0 Å². The lowest BCUT2D eigenvalue weighted by atomic mass is 9.63. The summed E-state index contributed by atoms with van der Waals surface area (Å²) < 4.78 is 0. The molecule has 0 N–H and O–H groups in total. The fourth-order valence-corrected chi connectivity index (χ4v) is 4.69. The summed E-state index contributed by atoms with van der Waals surface area (Å²) in [7, 11) is 0. The molecule has 0 heteroatoms. The quantitative estimate of drug-likeness (QED) is 0.525. The Morgan fingerprint density at radius 3 is 1.83 bits per heavy atom. The third-order valence-corrected chi connectivity index (χ3v) is 5.58. The van der Waals surface area contributed by atoms with Crippen molar-refractivity contribution >= 4 is 5.57 Å². The first-order valence-electron chi connectivity index (χ1n) is 8.25. The van der Waals surface area contributed by atoms with Gasteiger partial charge in [0.2, 0.25) is 0 Å². The van der Waals surface area contributed by atoms with E-state index in [0.717, 1.165) is 12.8 Å². The average Bonchev–Trinajstić information content (AvgIpc) is 2.90. The highest BCUT2D eigenvalue weighted by molar-refractivity contribution is 5.80. The predicted molar refractivity (Wildman–Crippen MR) is 95.7 cm³/mol. The summed E-state index contributed by atoms with van der Waals surface area (Å²) in [6, 6.07) is 26.7. The van der Waals surface area contributed by atoms with Gasteiger partial charge in [-0.2, -0.15) is 0 Å². The van der Waals surface area contributed by atoms with Crippen LogP contribution >= 0.6 is 0 Å². The van der Waals surface area contributed by atoms with Crippen LogP contribution in [-0.2, 0) is 11.8 Å². The molecule has 0 heterocycles. The van der Waals surface area contributed by atoms with E-state index in [1.807, 2.05) is 0 Å². The van der Waals surface area contributed by atoms with Crippen molar-refractivity contribution in [3.8, 4) is 0 Å². The van der Waals surface area contributed by atoms with E-state index in [-0.39, 0.29) is 5.41 Å². The molecule has 3 aromatic carbocycles. The minimum absolute atomic E-state index is 0.0564. The Morgan fingerprint density at radius 1 is 0.652 bits per heavy atom. The Morgan fingerprint density at radius 2 is 1.17 bits per heavy atom. The Bertz CT molecular complexity index is 900. The summed E-state index contributed by atoms with van der Waals surface area (Å²) in [5.74, 6) is 0. The number of hydrogen-bond acceptors (Lipinski definition) is 0. The van der Waals surface area contributed by atoms with Crippen molar-refractivity contribution < 1.29 is 0 Å². The van der Waals surface area contributed by atoms with Gasteiger partial charge in [-0.3, -0.25) is 0 Å². The fraction of sp³-hybridized carbons (Fsp3) is 0.130. The van der Waals surface area contributed by atoms with Gasteiger partial charge < -0.3 is 0 Å². The van der Waals surface area contributed by atoms with Gasteiger partial charge in [0.25, 0.3) is 0 Å². The van der Waals surface area contributed by atoms with Crippen LogP contribution in [0.3, 0.4) is 0 Å². The Hall–Kier alpha value is -2.60. The van der Waals surface area contributed by atoms with E-state index < -0.39 is 0 Å². The van der Waals surface area contributed by atoms with E-state index in [9.17, 15) is 0 Å². The lowest BCUT2D eigenvalue weighted by Gasteiger charge is -2.39. The second kappa shape index (κ2) is 4.45. The fourth-order valence-electron chi connectivity index (χ4n) is 4.69. The van der Waals surface area contributed by atoms with Gasteiger partial charge in [0.1, 0.15) is 0 Å². The Balaban J connectivity index is 1.93. The molecule has 0 saturated carbocycles. The molecule has 0 aliphatic heterocycles. The maximum Gasteiger partial charge on any atom is 0.0503 e. The minimum atomic E-state index is -0.0564. The zero-order valence-corrected chi connectivity index (χ0v) is 13.0. The number of benzene rings is 3. The number of fused-ring (bicyclic) bond motifs is 6. The maximum atomic E-state index is 4.39. The molecule has 1 spiro atoms. The maximum absolute atomic E-state index is 4.39. The van der Waals surface area contributed by atoms with E-state index in [0.29, 0.717) is 0 Å². The normalized spacial score (nSPS) is 16.8. The Kier molecular flexibility index (Phi) is 2.50. The van der Waals surface area contributed by atoms with Crippen molar-refractivity contribution in [2.45, 2.75) is 18.3 Å². The summed E-state index contributed by atoms with van der Waals surface area (Å²) in [5, 5.41) is 0. The molecule has 0 bridgehead atoms. The van der Waals surface area contributed by atoms with Crippen LogP contribution in [0.15, 0.2) is 79.4 Å². The molecule has 0 fully saturated rings. The molecule has 0 saturated heterocycles. The molecule has 0 atom stereocenters. The van der Waals surface area contributed by atoms with E-state index in [1.54, 1.807) is 0 Å². The van der Waals surface area contributed by atoms with Crippen LogP contribution in [0.1, 0.15) is 39.8 Å². The molecule has 110 valence electrons. The molecular formula is C23H18. The van der Waals surface area contributed by atoms with Crippen molar-refractivity contribution in [1.82, 2.24) is 0 Å². The molecule has 0 unspecified atom stereocenters. The SMILES string of the molecule is C=C1CC2(c3ccccc3Cc3ccccc32)c2ccccc21. The third-order valence-electron chi connectivity index (χ3n) is 5.58. The van der Waals surface area contributed by atoms with Crippen LogP contribution in [-0.4, -0.2) is 0 Å². The number of allylic oxidation sites excluding steroid dienone is 1. The summed E-state index contributed by atoms with van der Waals surface area (Å²) in [6.07, 6.45) is 2.02. The molecule has 5 rings (SSSR count). The van der Waals surface area contributed by atoms with Gasteiger partial charge in [-0.15, -0.1) is 0 Å². The Labute approximate surface area is 137 Å². The molecular weight excluding hydrogens is 276 g/mol. The van der Waals surface area contributed by atoms with Crippen LogP contribution < -0.4 is 0 Å².